The number of alkyl halides is 1. The van der Waals surface area contributed by atoms with Crippen LogP contribution in [0.25, 0.3) is 0 Å². The van der Waals surface area contributed by atoms with Gasteiger partial charge in [0.15, 0.2) is 0 Å². The molecule has 2 N–H and O–H groups in total. The number of hydrogen-bond donors (Lipinski definition) is 2. The monoisotopic (exact) mass is 286 g/mol. The molecule has 0 aliphatic heterocycles. The van der Waals surface area contributed by atoms with Crippen LogP contribution in [0.5, 0.6) is 0 Å². The van der Waals surface area contributed by atoms with Crippen LogP contribution in [0.3, 0.4) is 0 Å². The van der Waals surface area contributed by atoms with Crippen molar-refractivity contribution in [3.05, 3.63) is 0 Å². The van der Waals surface area contributed by atoms with Crippen LogP contribution in [0.4, 0.5) is 4.79 Å². The lowest BCUT2D eigenvalue weighted by Gasteiger charge is -2.30. The highest BCUT2D eigenvalue weighted by molar-refractivity contribution is 7.88. The zero-order valence-corrected chi connectivity index (χ0v) is 12.0. The van der Waals surface area contributed by atoms with Crippen molar-refractivity contribution in [3.63, 3.8) is 0 Å². The van der Waals surface area contributed by atoms with Gasteiger partial charge in [-0.25, -0.2) is 9.52 Å². The van der Waals surface area contributed by atoms with Crippen molar-refractivity contribution in [2.24, 2.45) is 5.41 Å². The van der Waals surface area contributed by atoms with Crippen molar-refractivity contribution < 1.29 is 17.9 Å². The summed E-state index contributed by atoms with van der Waals surface area (Å²) in [5.74, 6) is 0.322. The smallest absolute Gasteiger partial charge is 0.421 e. The molecular formula is C9H19ClN2O4S. The molecule has 0 aromatic carbocycles. The molecule has 0 aliphatic carbocycles. The predicted molar refractivity (Wildman–Crippen MR) is 66.2 cm³/mol. The number of carbonyl (C=O) groups excluding carboxylic acids is 1. The van der Waals surface area contributed by atoms with Gasteiger partial charge in [0.05, 0.1) is 7.11 Å². The van der Waals surface area contributed by atoms with Crippen molar-refractivity contribution in [1.29, 1.82) is 0 Å². The fourth-order valence-electron chi connectivity index (χ4n) is 1.15. The van der Waals surface area contributed by atoms with Crippen LogP contribution in [-0.2, 0) is 14.9 Å². The Labute approximate surface area is 107 Å². The van der Waals surface area contributed by atoms with Crippen molar-refractivity contribution in [1.82, 2.24) is 9.44 Å². The lowest BCUT2D eigenvalue weighted by molar-refractivity contribution is 0.177. The largest absolute Gasteiger partial charge is 0.452 e. The zero-order valence-electron chi connectivity index (χ0n) is 10.4. The van der Waals surface area contributed by atoms with Crippen molar-refractivity contribution in [3.8, 4) is 0 Å². The van der Waals surface area contributed by atoms with E-state index in [1.54, 1.807) is 4.72 Å². The highest BCUT2D eigenvalue weighted by atomic mass is 35.5. The number of hydrogen-bond acceptors (Lipinski definition) is 4. The first-order chi connectivity index (χ1) is 7.62. The summed E-state index contributed by atoms with van der Waals surface area (Å²) >= 11 is 5.62. The third kappa shape index (κ3) is 6.70. The molecule has 0 heterocycles. The highest BCUT2D eigenvalue weighted by Gasteiger charge is 2.29. The molecule has 0 aliphatic rings. The maximum atomic E-state index is 11.6. The summed E-state index contributed by atoms with van der Waals surface area (Å²) in [4.78, 5) is 10.8. The Balaban J connectivity index is 4.70. The van der Waals surface area contributed by atoms with E-state index < -0.39 is 16.3 Å². The van der Waals surface area contributed by atoms with Gasteiger partial charge in [0.25, 0.3) is 0 Å². The van der Waals surface area contributed by atoms with Gasteiger partial charge < -0.3 is 4.74 Å². The molecule has 0 radical (unpaired) electrons. The number of carbonyl (C=O) groups is 1. The van der Waals surface area contributed by atoms with E-state index in [0.29, 0.717) is 12.3 Å². The fourth-order valence-corrected chi connectivity index (χ4v) is 2.57. The Morgan fingerprint density at radius 1 is 1.41 bits per heavy atom. The topological polar surface area (TPSA) is 84.5 Å². The lowest BCUT2D eigenvalue weighted by atomic mass is 9.86. The number of methoxy groups -OCH3 is 1. The molecule has 1 unspecified atom stereocenters. The molecule has 1 amide bonds. The van der Waals surface area contributed by atoms with Gasteiger partial charge in [-0.15, -0.1) is 11.6 Å². The number of amides is 1. The standard InChI is InChI=1S/C9H19ClN2O4S/c1-9(2,3)7(5-6-10)11-17(14,15)12-8(13)16-4/h7,11H,5-6H2,1-4H3,(H,12,13). The minimum Gasteiger partial charge on any atom is -0.452 e. The third-order valence-corrected chi connectivity index (χ3v) is 3.39. The third-order valence-electron chi connectivity index (χ3n) is 2.14. The number of ether oxygens (including phenoxy) is 1. The maximum absolute atomic E-state index is 11.6. The Bertz CT molecular complexity index is 350. The van der Waals surface area contributed by atoms with E-state index in [-0.39, 0.29) is 11.5 Å². The summed E-state index contributed by atoms with van der Waals surface area (Å²) in [6.45, 7) is 5.64. The number of halogens is 1. The molecule has 0 bridgehead atoms. The van der Waals surface area contributed by atoms with Crippen LogP contribution in [0.2, 0.25) is 0 Å². The second kappa shape index (κ2) is 6.42. The molecule has 0 spiro atoms. The summed E-state index contributed by atoms with van der Waals surface area (Å²) in [6, 6.07) is -0.373. The maximum Gasteiger partial charge on any atom is 0.421 e. The van der Waals surface area contributed by atoms with Gasteiger partial charge in [-0.2, -0.15) is 13.1 Å². The Kier molecular flexibility index (Phi) is 6.22. The summed E-state index contributed by atoms with van der Waals surface area (Å²) in [5.41, 5.74) is -0.306. The average Bonchev–Trinajstić information content (AvgIpc) is 2.14. The molecule has 102 valence electrons. The van der Waals surface area contributed by atoms with Crippen LogP contribution in [0.1, 0.15) is 27.2 Å². The van der Waals surface area contributed by atoms with E-state index in [1.165, 1.54) is 0 Å². The molecule has 17 heavy (non-hydrogen) atoms. The summed E-state index contributed by atoms with van der Waals surface area (Å²) in [7, 11) is -2.84. The zero-order chi connectivity index (χ0) is 13.7. The highest BCUT2D eigenvalue weighted by Crippen LogP contribution is 2.22. The lowest BCUT2D eigenvalue weighted by Crippen LogP contribution is -2.49. The minimum atomic E-state index is -3.93. The first-order valence-corrected chi connectivity index (χ1v) is 7.08. The second-order valence-electron chi connectivity index (χ2n) is 4.61. The molecular weight excluding hydrogens is 268 g/mol. The molecule has 1 atom stereocenters. The fraction of sp³-hybridized carbons (Fsp3) is 0.889. The van der Waals surface area contributed by atoms with Gasteiger partial charge in [0, 0.05) is 11.9 Å². The predicted octanol–water partition coefficient (Wildman–Crippen LogP) is 1.22. The second-order valence-corrected chi connectivity index (χ2v) is 6.44. The summed E-state index contributed by atoms with van der Waals surface area (Å²) in [5, 5.41) is 0. The van der Waals surface area contributed by atoms with Crippen molar-refractivity contribution in [2.75, 3.05) is 13.0 Å². The minimum absolute atomic E-state index is 0.306. The molecule has 8 heteroatoms. The Hall–Kier alpha value is -0.530. The average molecular weight is 287 g/mol. The van der Waals surface area contributed by atoms with Crippen LogP contribution >= 0.6 is 11.6 Å². The van der Waals surface area contributed by atoms with E-state index >= 15 is 0 Å². The van der Waals surface area contributed by atoms with Gasteiger partial charge >= 0.3 is 16.3 Å². The summed E-state index contributed by atoms with van der Waals surface area (Å²) < 4.78 is 31.4. The first kappa shape index (κ1) is 16.5. The molecule has 0 rings (SSSR count). The molecule has 0 fully saturated rings. The van der Waals surface area contributed by atoms with Gasteiger partial charge in [0.2, 0.25) is 0 Å². The quantitative estimate of drug-likeness (QED) is 0.744. The normalized spacial score (nSPS) is 14.2. The van der Waals surface area contributed by atoms with Crippen molar-refractivity contribution >= 4 is 27.9 Å². The van der Waals surface area contributed by atoms with E-state index in [0.717, 1.165) is 7.11 Å². The van der Waals surface area contributed by atoms with Gasteiger partial charge in [0.1, 0.15) is 0 Å². The molecule has 0 saturated heterocycles. The summed E-state index contributed by atoms with van der Waals surface area (Å²) in [6.07, 6.45) is -0.566. The number of rotatable bonds is 5. The Morgan fingerprint density at radius 2 is 1.94 bits per heavy atom. The first-order valence-electron chi connectivity index (χ1n) is 5.06. The van der Waals surface area contributed by atoms with Gasteiger partial charge in [-0.1, -0.05) is 20.8 Å². The SMILES string of the molecule is COC(=O)NS(=O)(=O)NC(CCCl)C(C)(C)C. The van der Waals surface area contributed by atoms with Crippen LogP contribution in [-0.4, -0.2) is 33.5 Å². The van der Waals surface area contributed by atoms with Gasteiger partial charge in [-0.3, -0.25) is 0 Å². The molecule has 0 aromatic heterocycles. The molecule has 6 nitrogen and oxygen atoms in total. The number of nitrogens with one attached hydrogen (secondary N) is 2. The van der Waals surface area contributed by atoms with E-state index in [9.17, 15) is 13.2 Å². The Morgan fingerprint density at radius 3 is 2.29 bits per heavy atom. The van der Waals surface area contributed by atoms with Crippen molar-refractivity contribution in [2.45, 2.75) is 33.2 Å². The van der Waals surface area contributed by atoms with Crippen LogP contribution in [0.15, 0.2) is 0 Å². The van der Waals surface area contributed by atoms with Crippen LogP contribution < -0.4 is 9.44 Å². The molecule has 0 saturated carbocycles. The van der Waals surface area contributed by atoms with Gasteiger partial charge in [-0.05, 0) is 11.8 Å². The van der Waals surface area contributed by atoms with E-state index in [1.807, 2.05) is 20.8 Å². The van der Waals surface area contributed by atoms with E-state index in [2.05, 4.69) is 9.46 Å². The van der Waals surface area contributed by atoms with Crippen LogP contribution in [0, 0.1) is 5.41 Å². The molecule has 0 aromatic rings. The van der Waals surface area contributed by atoms with E-state index in [4.69, 9.17) is 11.6 Å².